The number of benzene rings is 2. The van der Waals surface area contributed by atoms with Gasteiger partial charge in [0.15, 0.2) is 11.5 Å². The average molecular weight is 437 g/mol. The number of rotatable bonds is 7. The lowest BCUT2D eigenvalue weighted by molar-refractivity contribution is 0.311. The number of aliphatic hydroxyl groups is 1. The zero-order valence-corrected chi connectivity index (χ0v) is 17.5. The highest BCUT2D eigenvalue weighted by molar-refractivity contribution is 6.32. The van der Waals surface area contributed by atoms with Crippen LogP contribution in [-0.4, -0.2) is 40.4 Å². The largest absolute Gasteiger partial charge is 0.503 e. The summed E-state index contributed by atoms with van der Waals surface area (Å²) in [6.07, 6.45) is 3.47. The number of nitrogens with zero attached hydrogens (tertiary/aromatic N) is 2. The lowest BCUT2D eigenvalue weighted by Gasteiger charge is -2.13. The zero-order valence-electron chi connectivity index (χ0n) is 16.8. The molecule has 4 rings (SSSR count). The third-order valence-corrected chi connectivity index (χ3v) is 5.07. The quantitative estimate of drug-likeness (QED) is 0.330. The first-order valence-electron chi connectivity index (χ1n) is 9.62. The molecule has 0 amide bonds. The highest BCUT2D eigenvalue weighted by atomic mass is 35.5. The molecular formula is C23H21ClN4O3. The Balaban J connectivity index is 1.69. The van der Waals surface area contributed by atoms with Gasteiger partial charge in [-0.3, -0.25) is 4.98 Å². The van der Waals surface area contributed by atoms with Crippen LogP contribution in [0, 0.1) is 0 Å². The van der Waals surface area contributed by atoms with Crippen molar-refractivity contribution in [3.8, 4) is 22.6 Å². The van der Waals surface area contributed by atoms with Crippen molar-refractivity contribution in [2.75, 3.05) is 30.9 Å². The van der Waals surface area contributed by atoms with Gasteiger partial charge in [-0.05, 0) is 53.6 Å². The standard InChI is InChI=1S/C23H21ClN4O3/c1-31-21-12-15(11-18(24)23(21)30)14-2-4-19-17(10-14)20(6-7-25-19)28-16-3-5-22(27-13-16)26-8-9-29/h2-7,10-13,29-30H,8-9H2,1H3,(H,25,28)(H,26,27). The summed E-state index contributed by atoms with van der Waals surface area (Å²) in [5.41, 5.74) is 4.26. The van der Waals surface area contributed by atoms with Crippen molar-refractivity contribution in [1.29, 1.82) is 0 Å². The summed E-state index contributed by atoms with van der Waals surface area (Å²) >= 11 is 6.17. The Hall–Kier alpha value is -3.55. The van der Waals surface area contributed by atoms with E-state index in [0.29, 0.717) is 18.1 Å². The van der Waals surface area contributed by atoms with Crippen molar-refractivity contribution >= 4 is 39.7 Å². The third kappa shape index (κ3) is 4.47. The fourth-order valence-corrected chi connectivity index (χ4v) is 3.45. The molecule has 4 aromatic rings. The highest BCUT2D eigenvalue weighted by Gasteiger charge is 2.12. The number of halogens is 1. The van der Waals surface area contributed by atoms with Crippen molar-refractivity contribution in [3.63, 3.8) is 0 Å². The minimum atomic E-state index is -0.0813. The van der Waals surface area contributed by atoms with E-state index in [0.717, 1.165) is 33.4 Å². The molecule has 0 bridgehead atoms. The lowest BCUT2D eigenvalue weighted by atomic mass is 10.0. The minimum Gasteiger partial charge on any atom is -0.503 e. The van der Waals surface area contributed by atoms with Gasteiger partial charge in [0, 0.05) is 23.8 Å². The molecule has 2 aromatic heterocycles. The molecule has 0 radical (unpaired) electrons. The molecule has 0 atom stereocenters. The molecule has 2 heterocycles. The highest BCUT2D eigenvalue weighted by Crippen LogP contribution is 2.39. The predicted molar refractivity (Wildman–Crippen MR) is 124 cm³/mol. The number of hydrogen-bond donors (Lipinski definition) is 4. The van der Waals surface area contributed by atoms with Crippen molar-refractivity contribution in [1.82, 2.24) is 9.97 Å². The average Bonchev–Trinajstić information content (AvgIpc) is 2.80. The Kier molecular flexibility index (Phi) is 6.06. The van der Waals surface area contributed by atoms with Gasteiger partial charge in [0.05, 0.1) is 36.1 Å². The first-order chi connectivity index (χ1) is 15.1. The molecule has 7 nitrogen and oxygen atoms in total. The number of aromatic nitrogens is 2. The fraction of sp³-hybridized carbons (Fsp3) is 0.130. The molecule has 2 aromatic carbocycles. The minimum absolute atomic E-state index is 0.0468. The molecule has 0 unspecified atom stereocenters. The first kappa shape index (κ1) is 20.7. The number of nitrogens with one attached hydrogen (secondary N) is 2. The number of aromatic hydroxyl groups is 1. The first-order valence-corrected chi connectivity index (χ1v) is 10.0. The van der Waals surface area contributed by atoms with Crippen LogP contribution in [0.1, 0.15) is 0 Å². The van der Waals surface area contributed by atoms with E-state index in [9.17, 15) is 5.11 Å². The van der Waals surface area contributed by atoms with Gasteiger partial charge >= 0.3 is 0 Å². The van der Waals surface area contributed by atoms with Crippen LogP contribution in [0.2, 0.25) is 5.02 Å². The van der Waals surface area contributed by atoms with E-state index < -0.39 is 0 Å². The monoisotopic (exact) mass is 436 g/mol. The van der Waals surface area contributed by atoms with E-state index in [1.807, 2.05) is 36.4 Å². The molecule has 8 heteroatoms. The molecule has 31 heavy (non-hydrogen) atoms. The number of fused-ring (bicyclic) bond motifs is 1. The zero-order chi connectivity index (χ0) is 21.8. The van der Waals surface area contributed by atoms with Gasteiger partial charge in [-0.2, -0.15) is 0 Å². The van der Waals surface area contributed by atoms with Crippen molar-refractivity contribution in [2.45, 2.75) is 0 Å². The molecule has 4 N–H and O–H groups in total. The number of hydrogen-bond acceptors (Lipinski definition) is 7. The smallest absolute Gasteiger partial charge is 0.176 e. The van der Waals surface area contributed by atoms with Gasteiger partial charge in [0.2, 0.25) is 0 Å². The number of ether oxygens (including phenoxy) is 1. The van der Waals surface area contributed by atoms with Crippen LogP contribution in [-0.2, 0) is 0 Å². The fourth-order valence-electron chi connectivity index (χ4n) is 3.24. The number of phenols is 1. The number of pyridine rings is 2. The Morgan fingerprint density at radius 3 is 2.65 bits per heavy atom. The topological polar surface area (TPSA) is 99.5 Å². The van der Waals surface area contributed by atoms with Crippen LogP contribution in [0.3, 0.4) is 0 Å². The summed E-state index contributed by atoms with van der Waals surface area (Å²) in [4.78, 5) is 8.79. The molecule has 0 aliphatic rings. The second-order valence-electron chi connectivity index (χ2n) is 6.81. The van der Waals surface area contributed by atoms with Crippen LogP contribution in [0.15, 0.2) is 60.9 Å². The van der Waals surface area contributed by atoms with Gasteiger partial charge < -0.3 is 25.6 Å². The Labute approximate surface area is 184 Å². The van der Waals surface area contributed by atoms with Crippen LogP contribution in [0.25, 0.3) is 22.0 Å². The molecule has 0 fully saturated rings. The molecule has 0 saturated carbocycles. The van der Waals surface area contributed by atoms with E-state index in [-0.39, 0.29) is 17.4 Å². The molecule has 158 valence electrons. The third-order valence-electron chi connectivity index (χ3n) is 4.78. The maximum absolute atomic E-state index is 10.0. The van der Waals surface area contributed by atoms with Crippen molar-refractivity contribution in [2.24, 2.45) is 0 Å². The summed E-state index contributed by atoms with van der Waals surface area (Å²) in [5.74, 6) is 0.926. The van der Waals surface area contributed by atoms with E-state index in [4.69, 9.17) is 21.4 Å². The number of methoxy groups -OCH3 is 1. The summed E-state index contributed by atoms with van der Waals surface area (Å²) in [6, 6.07) is 15.0. The van der Waals surface area contributed by atoms with Crippen LogP contribution >= 0.6 is 11.6 Å². The lowest BCUT2D eigenvalue weighted by Crippen LogP contribution is -2.06. The molecule has 0 spiro atoms. The Morgan fingerprint density at radius 1 is 1.03 bits per heavy atom. The van der Waals surface area contributed by atoms with E-state index >= 15 is 0 Å². The molecule has 0 saturated heterocycles. The number of anilines is 3. The van der Waals surface area contributed by atoms with Gasteiger partial charge in [-0.1, -0.05) is 17.7 Å². The predicted octanol–water partition coefficient (Wildman–Crippen LogP) is 4.81. The van der Waals surface area contributed by atoms with Gasteiger partial charge in [0.1, 0.15) is 5.82 Å². The van der Waals surface area contributed by atoms with E-state index in [2.05, 4.69) is 20.6 Å². The molecule has 0 aliphatic carbocycles. The summed E-state index contributed by atoms with van der Waals surface area (Å²) in [6.45, 7) is 0.495. The summed E-state index contributed by atoms with van der Waals surface area (Å²) < 4.78 is 5.23. The van der Waals surface area contributed by atoms with E-state index in [1.54, 1.807) is 24.5 Å². The number of phenolic OH excluding ortho intramolecular Hbond substituents is 1. The Morgan fingerprint density at radius 2 is 1.90 bits per heavy atom. The number of aliphatic hydroxyl groups excluding tert-OH is 1. The van der Waals surface area contributed by atoms with Crippen molar-refractivity contribution in [3.05, 3.63) is 65.9 Å². The van der Waals surface area contributed by atoms with Gasteiger partial charge in [-0.25, -0.2) is 4.98 Å². The molecule has 0 aliphatic heterocycles. The summed E-state index contributed by atoms with van der Waals surface area (Å²) in [5, 5.41) is 26.5. The van der Waals surface area contributed by atoms with Crippen LogP contribution in [0.4, 0.5) is 17.2 Å². The SMILES string of the molecule is COc1cc(-c2ccc3nccc(Nc4ccc(NCCO)nc4)c3c2)cc(Cl)c1O. The maximum atomic E-state index is 10.0. The summed E-state index contributed by atoms with van der Waals surface area (Å²) in [7, 11) is 1.49. The maximum Gasteiger partial charge on any atom is 0.176 e. The van der Waals surface area contributed by atoms with Gasteiger partial charge in [-0.15, -0.1) is 0 Å². The normalized spacial score (nSPS) is 10.8. The molecular weight excluding hydrogens is 416 g/mol. The van der Waals surface area contributed by atoms with Crippen LogP contribution < -0.4 is 15.4 Å². The van der Waals surface area contributed by atoms with Crippen molar-refractivity contribution < 1.29 is 14.9 Å². The van der Waals surface area contributed by atoms with Gasteiger partial charge in [0.25, 0.3) is 0 Å². The second kappa shape index (κ2) is 9.07. The Bertz CT molecular complexity index is 1220. The second-order valence-corrected chi connectivity index (χ2v) is 7.21. The van der Waals surface area contributed by atoms with E-state index in [1.165, 1.54) is 7.11 Å². The van der Waals surface area contributed by atoms with Crippen LogP contribution in [0.5, 0.6) is 11.5 Å².